The normalized spacial score (nSPS) is 26.0. The summed E-state index contributed by atoms with van der Waals surface area (Å²) in [5, 5.41) is 14.5. The summed E-state index contributed by atoms with van der Waals surface area (Å²) in [6, 6.07) is 18.1. The van der Waals surface area contributed by atoms with Gasteiger partial charge in [0.05, 0.1) is 0 Å². The van der Waals surface area contributed by atoms with Crippen LogP contribution in [0.5, 0.6) is 0 Å². The second-order valence-electron chi connectivity index (χ2n) is 4.83. The van der Waals surface area contributed by atoms with Crippen molar-refractivity contribution >= 4 is 0 Å². The molecule has 18 heavy (non-hydrogen) atoms. The van der Waals surface area contributed by atoms with Crippen molar-refractivity contribution < 1.29 is 5.11 Å². The molecule has 2 N–H and O–H groups in total. The second kappa shape index (κ2) is 4.23. The Morgan fingerprint density at radius 1 is 1.06 bits per heavy atom. The zero-order chi connectivity index (χ0) is 12.6. The molecule has 2 nitrogen and oxygen atoms in total. The lowest BCUT2D eigenvalue weighted by molar-refractivity contribution is 0.0529. The fourth-order valence-electron chi connectivity index (χ4n) is 2.99. The molecule has 0 saturated heterocycles. The van der Waals surface area contributed by atoms with Crippen LogP contribution in [0.2, 0.25) is 0 Å². The van der Waals surface area contributed by atoms with E-state index in [-0.39, 0.29) is 6.04 Å². The van der Waals surface area contributed by atoms with Crippen LogP contribution < -0.4 is 5.32 Å². The lowest BCUT2D eigenvalue weighted by Gasteiger charge is -2.31. The minimum absolute atomic E-state index is 0.0253. The predicted molar refractivity (Wildman–Crippen MR) is 72.4 cm³/mol. The van der Waals surface area contributed by atoms with E-state index in [2.05, 4.69) is 11.4 Å². The Balaban J connectivity index is 2.19. The van der Waals surface area contributed by atoms with Gasteiger partial charge in [0.2, 0.25) is 0 Å². The van der Waals surface area contributed by atoms with Crippen LogP contribution in [0.15, 0.2) is 54.6 Å². The van der Waals surface area contributed by atoms with E-state index in [4.69, 9.17) is 0 Å². The zero-order valence-corrected chi connectivity index (χ0v) is 10.4. The van der Waals surface area contributed by atoms with E-state index in [1.54, 1.807) is 0 Å². The number of rotatable bonds is 2. The van der Waals surface area contributed by atoms with Gasteiger partial charge in [-0.1, -0.05) is 54.6 Å². The molecule has 0 aromatic heterocycles. The minimum Gasteiger partial charge on any atom is -0.379 e. The smallest absolute Gasteiger partial charge is 0.130 e. The van der Waals surface area contributed by atoms with Crippen LogP contribution in [0.25, 0.3) is 0 Å². The molecule has 2 aromatic carbocycles. The van der Waals surface area contributed by atoms with E-state index in [0.29, 0.717) is 0 Å². The van der Waals surface area contributed by atoms with Gasteiger partial charge >= 0.3 is 0 Å². The van der Waals surface area contributed by atoms with Crippen molar-refractivity contribution in [1.29, 1.82) is 0 Å². The van der Waals surface area contributed by atoms with Gasteiger partial charge in [0.15, 0.2) is 0 Å². The van der Waals surface area contributed by atoms with Crippen LogP contribution >= 0.6 is 0 Å². The highest BCUT2D eigenvalue weighted by molar-refractivity contribution is 5.47. The van der Waals surface area contributed by atoms with Gasteiger partial charge < -0.3 is 10.4 Å². The van der Waals surface area contributed by atoms with Gasteiger partial charge in [0, 0.05) is 6.04 Å². The molecule has 0 heterocycles. The van der Waals surface area contributed by atoms with Crippen molar-refractivity contribution in [3.05, 3.63) is 71.3 Å². The molecule has 2 atom stereocenters. The first-order chi connectivity index (χ1) is 8.76. The molecular formula is C16H17NO. The van der Waals surface area contributed by atoms with Gasteiger partial charge in [0.1, 0.15) is 5.60 Å². The summed E-state index contributed by atoms with van der Waals surface area (Å²) in [5.41, 5.74) is 2.28. The Morgan fingerprint density at radius 2 is 1.72 bits per heavy atom. The van der Waals surface area contributed by atoms with E-state index in [0.717, 1.165) is 17.5 Å². The van der Waals surface area contributed by atoms with Crippen LogP contribution in [0.4, 0.5) is 0 Å². The third-order valence-electron chi connectivity index (χ3n) is 3.92. The fourth-order valence-corrected chi connectivity index (χ4v) is 2.99. The molecule has 92 valence electrons. The van der Waals surface area contributed by atoms with Crippen LogP contribution in [0.3, 0.4) is 0 Å². The monoisotopic (exact) mass is 239 g/mol. The Labute approximate surface area is 107 Å². The highest BCUT2D eigenvalue weighted by Crippen LogP contribution is 2.41. The number of fused-ring (bicyclic) bond motifs is 1. The van der Waals surface area contributed by atoms with E-state index in [9.17, 15) is 5.11 Å². The van der Waals surface area contributed by atoms with Crippen LogP contribution in [0, 0.1) is 0 Å². The van der Waals surface area contributed by atoms with Crippen molar-refractivity contribution in [2.75, 3.05) is 7.05 Å². The highest BCUT2D eigenvalue weighted by Gasteiger charge is 2.45. The lowest BCUT2D eigenvalue weighted by Crippen LogP contribution is -2.45. The topological polar surface area (TPSA) is 32.3 Å². The van der Waals surface area contributed by atoms with E-state index in [1.807, 2.05) is 55.6 Å². The van der Waals surface area contributed by atoms with Gasteiger partial charge in [-0.25, -0.2) is 0 Å². The molecule has 0 amide bonds. The van der Waals surface area contributed by atoms with E-state index in [1.165, 1.54) is 5.56 Å². The summed E-state index contributed by atoms with van der Waals surface area (Å²) >= 11 is 0. The van der Waals surface area contributed by atoms with Gasteiger partial charge in [0.25, 0.3) is 0 Å². The Morgan fingerprint density at radius 3 is 2.44 bits per heavy atom. The molecule has 1 aliphatic rings. The maximum Gasteiger partial charge on any atom is 0.130 e. The van der Waals surface area contributed by atoms with Crippen LogP contribution in [-0.4, -0.2) is 18.2 Å². The summed E-state index contributed by atoms with van der Waals surface area (Å²) in [7, 11) is 1.91. The van der Waals surface area contributed by atoms with Gasteiger partial charge in [-0.2, -0.15) is 0 Å². The predicted octanol–water partition coefficient (Wildman–Crippen LogP) is 2.07. The number of hydrogen-bond acceptors (Lipinski definition) is 2. The summed E-state index contributed by atoms with van der Waals surface area (Å²) in [5.74, 6) is 0. The first-order valence-electron chi connectivity index (χ1n) is 6.30. The zero-order valence-electron chi connectivity index (χ0n) is 10.4. The molecule has 0 fully saturated rings. The number of aliphatic hydroxyl groups is 1. The Hall–Kier alpha value is -1.64. The minimum atomic E-state index is -0.924. The summed E-state index contributed by atoms with van der Waals surface area (Å²) in [4.78, 5) is 0. The van der Waals surface area contributed by atoms with E-state index < -0.39 is 5.60 Å². The van der Waals surface area contributed by atoms with Crippen molar-refractivity contribution in [3.8, 4) is 0 Å². The summed E-state index contributed by atoms with van der Waals surface area (Å²) in [6.45, 7) is 0. The van der Waals surface area contributed by atoms with Gasteiger partial charge in [-0.05, 0) is 30.2 Å². The summed E-state index contributed by atoms with van der Waals surface area (Å²) in [6.07, 6.45) is 0.859. The number of benzene rings is 2. The fraction of sp³-hybridized carbons (Fsp3) is 0.250. The molecule has 0 spiro atoms. The second-order valence-corrected chi connectivity index (χ2v) is 4.83. The average molecular weight is 239 g/mol. The third-order valence-corrected chi connectivity index (χ3v) is 3.92. The Kier molecular flexibility index (Phi) is 2.69. The van der Waals surface area contributed by atoms with Crippen LogP contribution in [0.1, 0.15) is 16.7 Å². The first kappa shape index (κ1) is 11.5. The molecule has 0 bridgehead atoms. The molecule has 1 aliphatic carbocycles. The maximum atomic E-state index is 11.2. The molecule has 2 aromatic rings. The molecule has 0 radical (unpaired) electrons. The first-order valence-corrected chi connectivity index (χ1v) is 6.30. The Bertz CT molecular complexity index is 552. The van der Waals surface area contributed by atoms with Gasteiger partial charge in [-0.15, -0.1) is 0 Å². The number of hydrogen-bond donors (Lipinski definition) is 2. The van der Waals surface area contributed by atoms with Crippen molar-refractivity contribution in [3.63, 3.8) is 0 Å². The quantitative estimate of drug-likeness (QED) is 0.841. The number of nitrogens with one attached hydrogen (secondary N) is 1. The van der Waals surface area contributed by atoms with Crippen molar-refractivity contribution in [2.24, 2.45) is 0 Å². The molecule has 0 saturated carbocycles. The van der Waals surface area contributed by atoms with Crippen LogP contribution in [-0.2, 0) is 12.0 Å². The van der Waals surface area contributed by atoms with Gasteiger partial charge in [-0.3, -0.25) is 0 Å². The molecular weight excluding hydrogens is 222 g/mol. The number of likely N-dealkylation sites (N-methyl/N-ethyl adjacent to an activating group) is 1. The van der Waals surface area contributed by atoms with E-state index >= 15 is 0 Å². The lowest BCUT2D eigenvalue weighted by atomic mass is 9.85. The largest absolute Gasteiger partial charge is 0.379 e. The summed E-state index contributed by atoms with van der Waals surface area (Å²) < 4.78 is 0. The molecule has 0 unspecified atom stereocenters. The molecule has 0 aliphatic heterocycles. The molecule has 2 heteroatoms. The van der Waals surface area contributed by atoms with Crippen molar-refractivity contribution in [2.45, 2.75) is 18.1 Å². The molecule has 3 rings (SSSR count). The third kappa shape index (κ3) is 1.50. The van der Waals surface area contributed by atoms with Crippen molar-refractivity contribution in [1.82, 2.24) is 5.32 Å². The SMILES string of the molecule is CN[C@H]1Cc2ccccc2[C@@]1(O)c1ccccc1. The maximum absolute atomic E-state index is 11.2. The average Bonchev–Trinajstić information content (AvgIpc) is 2.74. The standard InChI is InChI=1S/C16H17NO/c1-17-15-11-12-7-5-6-10-14(12)16(15,18)13-8-3-2-4-9-13/h2-10,15,17-18H,11H2,1H3/t15-,16-/m0/s1. The highest BCUT2D eigenvalue weighted by atomic mass is 16.3.